The van der Waals surface area contributed by atoms with Gasteiger partial charge in [0.25, 0.3) is 0 Å². The number of hydrogen-bond donors (Lipinski definition) is 0. The normalized spacial score (nSPS) is 9.25. The van der Waals surface area contributed by atoms with Crippen LogP contribution < -0.4 is 0 Å². The molecule has 2 nitrogen and oxygen atoms in total. The third-order valence-corrected chi connectivity index (χ3v) is 1.22. The second-order valence-corrected chi connectivity index (χ2v) is 1.86. The van der Waals surface area contributed by atoms with E-state index in [-0.39, 0.29) is 0 Å². The zero-order valence-electron chi connectivity index (χ0n) is 4.43. The maximum atomic E-state index is 5.58. The van der Waals surface area contributed by atoms with Crippen LogP contribution in [0.4, 0.5) is 0 Å². The molecule has 1 heterocycles. The Labute approximate surface area is 52.5 Å². The van der Waals surface area contributed by atoms with Crippen LogP contribution in [0.5, 0.6) is 0 Å². The maximum absolute atomic E-state index is 5.58. The number of hydrogen-bond acceptors (Lipinski definition) is 2. The summed E-state index contributed by atoms with van der Waals surface area (Å²) in [5, 5.41) is 0.618. The van der Waals surface area contributed by atoms with Crippen molar-refractivity contribution in [2.75, 3.05) is 0 Å². The smallest absolute Gasteiger partial charge is 0.115 e. The van der Waals surface area contributed by atoms with Crippen LogP contribution in [0, 0.1) is 6.92 Å². The number of aromatic nitrogens is 2. The molecule has 0 saturated carbocycles. The minimum absolute atomic E-state index is 0.618. The van der Waals surface area contributed by atoms with E-state index in [2.05, 4.69) is 9.97 Å². The summed E-state index contributed by atoms with van der Waals surface area (Å²) in [6.45, 7) is 1.84. The third kappa shape index (κ3) is 0.954. The summed E-state index contributed by atoms with van der Waals surface area (Å²) in [5.74, 6) is 0. The first kappa shape index (κ1) is 5.51. The molecule has 0 saturated heterocycles. The van der Waals surface area contributed by atoms with E-state index in [9.17, 15) is 0 Å². The topological polar surface area (TPSA) is 25.8 Å². The van der Waals surface area contributed by atoms with Crippen LogP contribution in [0.1, 0.15) is 5.69 Å². The van der Waals surface area contributed by atoms with Gasteiger partial charge in [-0.15, -0.1) is 0 Å². The van der Waals surface area contributed by atoms with Gasteiger partial charge in [0, 0.05) is 6.20 Å². The van der Waals surface area contributed by atoms with Crippen LogP contribution in [-0.4, -0.2) is 9.97 Å². The largest absolute Gasteiger partial charge is 0.243 e. The van der Waals surface area contributed by atoms with Gasteiger partial charge in [-0.25, -0.2) is 9.97 Å². The van der Waals surface area contributed by atoms with Gasteiger partial charge in [-0.3, -0.25) is 0 Å². The highest BCUT2D eigenvalue weighted by Crippen LogP contribution is 2.07. The molecule has 0 atom stereocenters. The minimum atomic E-state index is 0.618. The van der Waals surface area contributed by atoms with Crippen LogP contribution in [-0.2, 0) is 0 Å². The Bertz CT molecular complexity index is 167. The molecule has 42 valence electrons. The molecule has 1 aromatic heterocycles. The third-order valence-electron chi connectivity index (χ3n) is 0.852. The first-order chi connectivity index (χ1) is 3.80. The molecule has 0 radical (unpaired) electrons. The Balaban J connectivity index is 3.13. The van der Waals surface area contributed by atoms with E-state index in [0.717, 1.165) is 5.69 Å². The van der Waals surface area contributed by atoms with Crippen molar-refractivity contribution in [3.63, 3.8) is 0 Å². The van der Waals surface area contributed by atoms with Crippen LogP contribution in [0.3, 0.4) is 0 Å². The molecule has 0 amide bonds. The van der Waals surface area contributed by atoms with Gasteiger partial charge in [0.1, 0.15) is 6.33 Å². The highest BCUT2D eigenvalue weighted by molar-refractivity contribution is 6.31. The Morgan fingerprint density at radius 1 is 1.62 bits per heavy atom. The molecule has 0 spiro atoms. The molecule has 8 heavy (non-hydrogen) atoms. The molecule has 0 aliphatic rings. The predicted octanol–water partition coefficient (Wildman–Crippen LogP) is 1.44. The fourth-order valence-electron chi connectivity index (χ4n) is 0.374. The van der Waals surface area contributed by atoms with Gasteiger partial charge in [-0.05, 0) is 6.92 Å². The minimum Gasteiger partial charge on any atom is -0.243 e. The van der Waals surface area contributed by atoms with Crippen molar-refractivity contribution in [2.45, 2.75) is 6.92 Å². The van der Waals surface area contributed by atoms with E-state index < -0.39 is 0 Å². The molecule has 1 rings (SSSR count). The lowest BCUT2D eigenvalue weighted by molar-refractivity contribution is 1.10. The zero-order valence-corrected chi connectivity index (χ0v) is 5.18. The molecular formula is C5H5ClN2. The van der Waals surface area contributed by atoms with Crippen molar-refractivity contribution in [3.05, 3.63) is 23.2 Å². The van der Waals surface area contributed by atoms with Crippen LogP contribution >= 0.6 is 11.6 Å². The lowest BCUT2D eigenvalue weighted by atomic mass is 10.5. The summed E-state index contributed by atoms with van der Waals surface area (Å²) in [7, 11) is 0. The van der Waals surface area contributed by atoms with Crippen molar-refractivity contribution >= 4 is 11.6 Å². The Hall–Kier alpha value is -0.630. The number of rotatable bonds is 0. The van der Waals surface area contributed by atoms with E-state index in [1.165, 1.54) is 6.33 Å². The molecule has 0 aliphatic heterocycles. The fraction of sp³-hybridized carbons (Fsp3) is 0.200. The quantitative estimate of drug-likeness (QED) is 0.529. The van der Waals surface area contributed by atoms with Gasteiger partial charge >= 0.3 is 0 Å². The van der Waals surface area contributed by atoms with Crippen molar-refractivity contribution < 1.29 is 0 Å². The summed E-state index contributed by atoms with van der Waals surface area (Å²) in [6, 6.07) is 0. The summed E-state index contributed by atoms with van der Waals surface area (Å²) in [6.07, 6.45) is 3.05. The van der Waals surface area contributed by atoms with E-state index in [0.29, 0.717) is 5.02 Å². The Kier molecular flexibility index (Phi) is 1.44. The monoisotopic (exact) mass is 128 g/mol. The lowest BCUT2D eigenvalue weighted by Gasteiger charge is -1.89. The Morgan fingerprint density at radius 2 is 2.38 bits per heavy atom. The van der Waals surface area contributed by atoms with Crippen LogP contribution in [0.2, 0.25) is 5.02 Å². The van der Waals surface area contributed by atoms with E-state index >= 15 is 0 Å². The Morgan fingerprint density at radius 3 is 2.75 bits per heavy atom. The fourth-order valence-corrected chi connectivity index (χ4v) is 0.479. The molecule has 3 heteroatoms. The summed E-state index contributed by atoms with van der Waals surface area (Å²) >= 11 is 5.58. The van der Waals surface area contributed by atoms with Crippen LogP contribution in [0.15, 0.2) is 12.5 Å². The second-order valence-electron chi connectivity index (χ2n) is 1.46. The lowest BCUT2D eigenvalue weighted by Crippen LogP contribution is -1.81. The first-order valence-corrected chi connectivity index (χ1v) is 2.60. The average molecular weight is 129 g/mol. The van der Waals surface area contributed by atoms with Gasteiger partial charge in [0.15, 0.2) is 0 Å². The van der Waals surface area contributed by atoms with Crippen molar-refractivity contribution in [2.24, 2.45) is 0 Å². The maximum Gasteiger partial charge on any atom is 0.115 e. The van der Waals surface area contributed by atoms with E-state index in [4.69, 9.17) is 11.6 Å². The van der Waals surface area contributed by atoms with Crippen molar-refractivity contribution in [3.8, 4) is 0 Å². The molecule has 0 aliphatic carbocycles. The summed E-state index contributed by atoms with van der Waals surface area (Å²) < 4.78 is 0. The van der Waals surface area contributed by atoms with Gasteiger partial charge in [0.05, 0.1) is 10.7 Å². The van der Waals surface area contributed by atoms with E-state index in [1.54, 1.807) is 6.20 Å². The van der Waals surface area contributed by atoms with Gasteiger partial charge in [0.2, 0.25) is 0 Å². The standard InChI is InChI=1S/C5H5ClN2/c1-4-5(6)2-7-3-8-4/h2-3H,1H3. The molecule has 0 unspecified atom stereocenters. The molecule has 0 aromatic carbocycles. The molecule has 1 aromatic rings. The number of nitrogens with zero attached hydrogens (tertiary/aromatic N) is 2. The van der Waals surface area contributed by atoms with Crippen molar-refractivity contribution in [1.29, 1.82) is 0 Å². The van der Waals surface area contributed by atoms with Gasteiger partial charge in [-0.2, -0.15) is 0 Å². The zero-order chi connectivity index (χ0) is 5.98. The highest BCUT2D eigenvalue weighted by Gasteiger charge is 1.89. The van der Waals surface area contributed by atoms with E-state index in [1.807, 2.05) is 6.92 Å². The molecule has 0 fully saturated rings. The van der Waals surface area contributed by atoms with Gasteiger partial charge < -0.3 is 0 Å². The number of aryl methyl sites for hydroxylation is 1. The first-order valence-electron chi connectivity index (χ1n) is 2.23. The highest BCUT2D eigenvalue weighted by atomic mass is 35.5. The average Bonchev–Trinajstić information content (AvgIpc) is 1.77. The second kappa shape index (κ2) is 2.09. The van der Waals surface area contributed by atoms with Crippen LogP contribution in [0.25, 0.3) is 0 Å². The molecule has 0 bridgehead atoms. The molecule has 0 N–H and O–H groups in total. The summed E-state index contributed by atoms with van der Waals surface area (Å²) in [5.41, 5.74) is 0.821. The van der Waals surface area contributed by atoms with Crippen molar-refractivity contribution in [1.82, 2.24) is 9.97 Å². The predicted molar refractivity (Wildman–Crippen MR) is 31.8 cm³/mol. The summed E-state index contributed by atoms with van der Waals surface area (Å²) in [4.78, 5) is 7.54. The SMILES string of the molecule is Cc1ncncc1Cl. The molecular weight excluding hydrogens is 124 g/mol. The van der Waals surface area contributed by atoms with Gasteiger partial charge in [-0.1, -0.05) is 11.6 Å². The number of halogens is 1.